The smallest absolute Gasteiger partial charge is 1.00 e. The quantitative estimate of drug-likeness (QED) is 0.124. The van der Waals surface area contributed by atoms with E-state index in [1.807, 2.05) is 0 Å². The second kappa shape index (κ2) is 14.1. The summed E-state index contributed by atoms with van der Waals surface area (Å²) in [6, 6.07) is 4.96. The van der Waals surface area contributed by atoms with Gasteiger partial charge < -0.3 is 22.5 Å². The summed E-state index contributed by atoms with van der Waals surface area (Å²) in [5.74, 6) is -1.69. The van der Waals surface area contributed by atoms with Gasteiger partial charge in [-0.1, -0.05) is 12.1 Å². The number of hydrogen-bond acceptors (Lipinski definition) is 8. The van der Waals surface area contributed by atoms with E-state index in [1.54, 1.807) is 25.4 Å². The van der Waals surface area contributed by atoms with Crippen LogP contribution in [0.1, 0.15) is 37.9 Å². The summed E-state index contributed by atoms with van der Waals surface area (Å²) in [5, 5.41) is 28.2. The van der Waals surface area contributed by atoms with Crippen LogP contribution >= 0.6 is 0 Å². The number of rotatable bonds is 12. The first-order chi connectivity index (χ1) is 15.3. The van der Waals surface area contributed by atoms with Crippen LogP contribution in [0, 0.1) is 17.0 Å². The van der Waals surface area contributed by atoms with Crippen LogP contribution in [0.5, 0.6) is 0 Å². The number of nitro benzene ring substituents is 1. The molecule has 1 unspecified atom stereocenters. The SMILES string of the molecule is Cc1ccc(C(CC(=O)O)NC(=O)CNC(=O)CCCNc2ncccn2)cc1[N+](=O)[O-].[H-].[Na+]. The van der Waals surface area contributed by atoms with Crippen molar-refractivity contribution in [2.24, 2.45) is 0 Å². The molecule has 0 aliphatic carbocycles. The zero-order valence-corrected chi connectivity index (χ0v) is 20.4. The average molecular weight is 468 g/mol. The summed E-state index contributed by atoms with van der Waals surface area (Å²) in [5.41, 5.74) is 0.535. The van der Waals surface area contributed by atoms with Crippen molar-refractivity contribution in [1.82, 2.24) is 20.6 Å². The molecule has 1 atom stereocenters. The molecule has 2 rings (SSSR count). The number of carbonyl (C=O) groups excluding carboxylic acids is 2. The van der Waals surface area contributed by atoms with Crippen LogP contribution in [-0.2, 0) is 14.4 Å². The minimum atomic E-state index is -1.18. The summed E-state index contributed by atoms with van der Waals surface area (Å²) in [6.45, 7) is 1.68. The van der Waals surface area contributed by atoms with Crippen LogP contribution < -0.4 is 45.5 Å². The standard InChI is InChI=1S/C20H24N6O6.Na.H/c1-13-5-6-14(10-16(13)26(31)32)15(11-19(29)30)25-18(28)12-24-17(27)4-2-7-21-20-22-8-3-9-23-20;;/h3,5-6,8-10,15H,2,4,7,11-12H2,1H3,(H,24,27)(H,25,28)(H,29,30)(H,21,22,23);;/q;+1;-1. The van der Waals surface area contributed by atoms with E-state index in [2.05, 4.69) is 25.9 Å². The number of carboxylic acids is 1. The molecule has 12 nitrogen and oxygen atoms in total. The Hall–Kier alpha value is -3.09. The molecule has 1 heterocycles. The van der Waals surface area contributed by atoms with Gasteiger partial charge in [-0.05, 0) is 25.0 Å². The number of aryl methyl sites for hydroxylation is 1. The van der Waals surface area contributed by atoms with E-state index in [1.165, 1.54) is 18.2 Å². The number of carbonyl (C=O) groups is 3. The van der Waals surface area contributed by atoms with Crippen molar-refractivity contribution in [3.8, 4) is 0 Å². The fourth-order valence-corrected chi connectivity index (χ4v) is 2.82. The molecule has 1 aromatic carbocycles. The fraction of sp³-hybridized carbons (Fsp3) is 0.350. The minimum Gasteiger partial charge on any atom is -1.00 e. The molecule has 172 valence electrons. The third-order valence-electron chi connectivity index (χ3n) is 4.42. The molecule has 0 spiro atoms. The Kier molecular flexibility index (Phi) is 12.0. The van der Waals surface area contributed by atoms with Gasteiger partial charge in [0.15, 0.2) is 0 Å². The normalized spacial score (nSPS) is 10.9. The van der Waals surface area contributed by atoms with E-state index >= 15 is 0 Å². The van der Waals surface area contributed by atoms with Crippen LogP contribution in [-0.4, -0.2) is 50.9 Å². The van der Waals surface area contributed by atoms with Gasteiger partial charge in [0.1, 0.15) is 0 Å². The van der Waals surface area contributed by atoms with Crippen LogP contribution in [0.25, 0.3) is 0 Å². The summed E-state index contributed by atoms with van der Waals surface area (Å²) in [4.78, 5) is 53.9. The van der Waals surface area contributed by atoms with E-state index in [0.717, 1.165) is 0 Å². The molecule has 2 amide bonds. The van der Waals surface area contributed by atoms with Gasteiger partial charge in [-0.3, -0.25) is 24.5 Å². The summed E-state index contributed by atoms with van der Waals surface area (Å²) < 4.78 is 0. The van der Waals surface area contributed by atoms with E-state index in [4.69, 9.17) is 5.11 Å². The number of amides is 2. The van der Waals surface area contributed by atoms with Crippen LogP contribution in [0.4, 0.5) is 11.6 Å². The second-order valence-corrected chi connectivity index (χ2v) is 6.90. The number of carboxylic acid groups (broad SMARTS) is 1. The van der Waals surface area contributed by atoms with E-state index in [-0.39, 0.29) is 55.5 Å². The van der Waals surface area contributed by atoms with Crippen molar-refractivity contribution in [2.45, 2.75) is 32.2 Å². The summed E-state index contributed by atoms with van der Waals surface area (Å²) >= 11 is 0. The maximum atomic E-state index is 12.2. The van der Waals surface area contributed by atoms with Gasteiger partial charge in [-0.2, -0.15) is 0 Å². The number of anilines is 1. The summed E-state index contributed by atoms with van der Waals surface area (Å²) in [7, 11) is 0. The van der Waals surface area contributed by atoms with E-state index in [9.17, 15) is 24.5 Å². The number of nitrogens with zero attached hydrogens (tertiary/aromatic N) is 3. The molecule has 0 bridgehead atoms. The number of nitrogens with one attached hydrogen (secondary N) is 3. The number of hydrogen-bond donors (Lipinski definition) is 4. The monoisotopic (exact) mass is 468 g/mol. The maximum Gasteiger partial charge on any atom is 1.00 e. The maximum absolute atomic E-state index is 12.2. The number of nitro groups is 1. The molecule has 0 radical (unpaired) electrons. The Morgan fingerprint density at radius 1 is 1.21 bits per heavy atom. The Balaban J connectivity index is 0.00000544. The Morgan fingerprint density at radius 3 is 2.55 bits per heavy atom. The number of aromatic nitrogens is 2. The fourth-order valence-electron chi connectivity index (χ4n) is 2.82. The average Bonchev–Trinajstić information content (AvgIpc) is 2.75. The van der Waals surface area contributed by atoms with Crippen molar-refractivity contribution in [2.75, 3.05) is 18.4 Å². The van der Waals surface area contributed by atoms with Crippen LogP contribution in [0.3, 0.4) is 0 Å². The van der Waals surface area contributed by atoms with Gasteiger partial charge >= 0.3 is 35.5 Å². The molecule has 13 heteroatoms. The molecule has 0 saturated carbocycles. The first-order valence-corrected chi connectivity index (χ1v) is 9.80. The summed E-state index contributed by atoms with van der Waals surface area (Å²) in [6.07, 6.45) is 3.36. The van der Waals surface area contributed by atoms with E-state index in [0.29, 0.717) is 30.0 Å². The van der Waals surface area contributed by atoms with Gasteiger partial charge in [0.2, 0.25) is 17.8 Å². The Morgan fingerprint density at radius 2 is 1.91 bits per heavy atom. The molecule has 33 heavy (non-hydrogen) atoms. The first kappa shape index (κ1) is 27.9. The molecular formula is C20H25N6NaO6. The Labute approximate surface area is 213 Å². The van der Waals surface area contributed by atoms with Crippen LogP contribution in [0.2, 0.25) is 0 Å². The predicted octanol–water partition coefficient (Wildman–Crippen LogP) is -1.55. The predicted molar refractivity (Wildman–Crippen MR) is 115 cm³/mol. The zero-order chi connectivity index (χ0) is 23.5. The van der Waals surface area contributed by atoms with Gasteiger partial charge in [0.05, 0.1) is 23.9 Å². The molecular weight excluding hydrogens is 443 g/mol. The second-order valence-electron chi connectivity index (χ2n) is 6.90. The largest absolute Gasteiger partial charge is 1.00 e. The van der Waals surface area contributed by atoms with Gasteiger partial charge in [0, 0.05) is 37.0 Å². The van der Waals surface area contributed by atoms with Gasteiger partial charge in [-0.25, -0.2) is 9.97 Å². The van der Waals surface area contributed by atoms with E-state index < -0.39 is 29.3 Å². The topological polar surface area (TPSA) is 176 Å². The van der Waals surface area contributed by atoms with Crippen molar-refractivity contribution in [3.05, 3.63) is 57.9 Å². The Bertz CT molecular complexity index is 981. The third-order valence-corrected chi connectivity index (χ3v) is 4.42. The molecule has 2 aromatic rings. The molecule has 0 aliphatic rings. The molecule has 1 aromatic heterocycles. The molecule has 0 aliphatic heterocycles. The van der Waals surface area contributed by atoms with Crippen LogP contribution in [0.15, 0.2) is 36.7 Å². The van der Waals surface area contributed by atoms with Crippen molar-refractivity contribution in [1.29, 1.82) is 0 Å². The third kappa shape index (κ3) is 9.93. The minimum absolute atomic E-state index is 0. The number of aliphatic carboxylic acids is 1. The number of benzene rings is 1. The molecule has 0 saturated heterocycles. The van der Waals surface area contributed by atoms with Crippen molar-refractivity contribution < 1.29 is 55.4 Å². The molecule has 4 N–H and O–H groups in total. The van der Waals surface area contributed by atoms with Crippen molar-refractivity contribution >= 4 is 29.4 Å². The van der Waals surface area contributed by atoms with Crippen molar-refractivity contribution in [3.63, 3.8) is 0 Å². The zero-order valence-electron chi connectivity index (χ0n) is 19.4. The first-order valence-electron chi connectivity index (χ1n) is 9.80. The molecule has 0 fully saturated rings. The van der Waals surface area contributed by atoms with Gasteiger partial charge in [-0.15, -0.1) is 0 Å². The van der Waals surface area contributed by atoms with Gasteiger partial charge in [0.25, 0.3) is 5.69 Å².